The second kappa shape index (κ2) is 8.08. The number of ether oxygens (including phenoxy) is 1. The molecule has 2 aromatic rings. The first-order chi connectivity index (χ1) is 10.7. The van der Waals surface area contributed by atoms with Gasteiger partial charge in [-0.15, -0.1) is 0 Å². The molecule has 2 N–H and O–H groups in total. The highest BCUT2D eigenvalue weighted by Crippen LogP contribution is 2.15. The Bertz CT molecular complexity index is 650. The lowest BCUT2D eigenvalue weighted by Crippen LogP contribution is -2.26. The van der Waals surface area contributed by atoms with Crippen molar-refractivity contribution in [3.8, 4) is 0 Å². The molecule has 4 nitrogen and oxygen atoms in total. The number of amides is 1. The van der Waals surface area contributed by atoms with E-state index >= 15 is 0 Å². The van der Waals surface area contributed by atoms with Crippen LogP contribution >= 0.6 is 0 Å². The van der Waals surface area contributed by atoms with Gasteiger partial charge in [0.05, 0.1) is 7.11 Å². The topological polar surface area (TPSA) is 54.1 Å². The highest BCUT2D eigenvalue weighted by atomic mass is 16.5. The van der Waals surface area contributed by atoms with Crippen molar-refractivity contribution in [1.82, 2.24) is 10.3 Å². The van der Waals surface area contributed by atoms with E-state index in [0.29, 0.717) is 12.3 Å². The van der Waals surface area contributed by atoms with E-state index in [4.69, 9.17) is 4.74 Å². The molecule has 2 rings (SSSR count). The molecule has 4 heteroatoms. The van der Waals surface area contributed by atoms with Gasteiger partial charge in [0, 0.05) is 17.8 Å². The number of aromatic nitrogens is 1. The summed E-state index contributed by atoms with van der Waals surface area (Å²) in [5.74, 6) is 0.126. The largest absolute Gasteiger partial charge is 0.491 e. The van der Waals surface area contributed by atoms with Crippen LogP contribution in [0.25, 0.3) is 17.0 Å². The van der Waals surface area contributed by atoms with Gasteiger partial charge in [-0.25, -0.2) is 0 Å². The summed E-state index contributed by atoms with van der Waals surface area (Å²) in [7, 11) is 1.50. The van der Waals surface area contributed by atoms with Gasteiger partial charge in [0.25, 0.3) is 5.91 Å². The molecule has 0 saturated heterocycles. The van der Waals surface area contributed by atoms with Crippen molar-refractivity contribution < 1.29 is 9.53 Å². The average molecular weight is 298 g/mol. The molecule has 1 amide bonds. The van der Waals surface area contributed by atoms with Crippen LogP contribution in [0.2, 0.25) is 0 Å². The van der Waals surface area contributed by atoms with E-state index in [1.165, 1.54) is 7.11 Å². The SMILES string of the molecule is CCCCNC(=O)/C(=C\C=C\c1cc2ccccc2[nH]1)OC. The third-order valence-electron chi connectivity index (χ3n) is 3.33. The Morgan fingerprint density at radius 2 is 2.18 bits per heavy atom. The Hall–Kier alpha value is -2.49. The number of unbranched alkanes of at least 4 members (excludes halogenated alkanes) is 1. The van der Waals surface area contributed by atoms with Crippen molar-refractivity contribution in [2.24, 2.45) is 0 Å². The van der Waals surface area contributed by atoms with Crippen LogP contribution in [0, 0.1) is 0 Å². The van der Waals surface area contributed by atoms with Gasteiger partial charge >= 0.3 is 0 Å². The Morgan fingerprint density at radius 1 is 1.36 bits per heavy atom. The Balaban J connectivity index is 2.02. The molecular formula is C18H22N2O2. The molecule has 0 saturated carbocycles. The van der Waals surface area contributed by atoms with Gasteiger partial charge in [0.2, 0.25) is 0 Å². The van der Waals surface area contributed by atoms with Crippen molar-refractivity contribution in [1.29, 1.82) is 0 Å². The fourth-order valence-electron chi connectivity index (χ4n) is 2.13. The van der Waals surface area contributed by atoms with E-state index < -0.39 is 0 Å². The van der Waals surface area contributed by atoms with Crippen molar-refractivity contribution in [3.05, 3.63) is 53.9 Å². The van der Waals surface area contributed by atoms with Crippen molar-refractivity contribution in [3.63, 3.8) is 0 Å². The summed E-state index contributed by atoms with van der Waals surface area (Å²) in [5.41, 5.74) is 2.08. The van der Waals surface area contributed by atoms with Gasteiger partial charge in [-0.1, -0.05) is 37.6 Å². The van der Waals surface area contributed by atoms with Crippen molar-refractivity contribution in [2.75, 3.05) is 13.7 Å². The summed E-state index contributed by atoms with van der Waals surface area (Å²) in [4.78, 5) is 15.2. The summed E-state index contributed by atoms with van der Waals surface area (Å²) in [6, 6.07) is 10.2. The van der Waals surface area contributed by atoms with Crippen LogP contribution < -0.4 is 5.32 Å². The molecule has 22 heavy (non-hydrogen) atoms. The quantitative estimate of drug-likeness (QED) is 0.355. The van der Waals surface area contributed by atoms with E-state index in [-0.39, 0.29) is 5.91 Å². The Morgan fingerprint density at radius 3 is 2.91 bits per heavy atom. The number of para-hydroxylation sites is 1. The summed E-state index contributed by atoms with van der Waals surface area (Å²) >= 11 is 0. The normalized spacial score (nSPS) is 12.0. The molecule has 0 fully saturated rings. The van der Waals surface area contributed by atoms with E-state index in [1.54, 1.807) is 6.08 Å². The van der Waals surface area contributed by atoms with Crippen LogP contribution in [0.3, 0.4) is 0 Å². The average Bonchev–Trinajstić information content (AvgIpc) is 2.94. The van der Waals surface area contributed by atoms with E-state index in [2.05, 4.69) is 29.4 Å². The standard InChI is InChI=1S/C18H22N2O2/c1-3-4-12-19-18(21)17(22-2)11-7-9-15-13-14-8-5-6-10-16(14)20-15/h5-11,13,20H,3-4,12H2,1-2H3,(H,19,21)/b9-7+,17-11+. The minimum Gasteiger partial charge on any atom is -0.491 e. The molecule has 0 spiro atoms. The molecule has 0 bridgehead atoms. The number of rotatable bonds is 7. The van der Waals surface area contributed by atoms with Crippen LogP contribution in [0.5, 0.6) is 0 Å². The summed E-state index contributed by atoms with van der Waals surface area (Å²) < 4.78 is 5.13. The van der Waals surface area contributed by atoms with Gasteiger partial charge in [-0.2, -0.15) is 0 Å². The molecule has 1 aromatic carbocycles. The number of benzene rings is 1. The second-order valence-corrected chi connectivity index (χ2v) is 5.02. The summed E-state index contributed by atoms with van der Waals surface area (Å²) in [5, 5.41) is 3.99. The molecule has 0 aliphatic carbocycles. The number of carbonyl (C=O) groups is 1. The number of hydrogen-bond acceptors (Lipinski definition) is 2. The highest BCUT2D eigenvalue weighted by molar-refractivity contribution is 5.91. The zero-order valence-electron chi connectivity index (χ0n) is 13.1. The van der Waals surface area contributed by atoms with Crippen molar-refractivity contribution >= 4 is 22.9 Å². The molecular weight excluding hydrogens is 276 g/mol. The highest BCUT2D eigenvalue weighted by Gasteiger charge is 2.07. The predicted octanol–water partition coefficient (Wildman–Crippen LogP) is 3.63. The van der Waals surface area contributed by atoms with Gasteiger partial charge in [0.15, 0.2) is 5.76 Å². The maximum absolute atomic E-state index is 11.9. The lowest BCUT2D eigenvalue weighted by molar-refractivity contribution is -0.120. The lowest BCUT2D eigenvalue weighted by Gasteiger charge is -2.06. The molecule has 1 aromatic heterocycles. The molecule has 116 valence electrons. The minimum absolute atomic E-state index is 0.183. The fourth-order valence-corrected chi connectivity index (χ4v) is 2.13. The van der Waals surface area contributed by atoms with Gasteiger partial charge in [0.1, 0.15) is 0 Å². The third-order valence-corrected chi connectivity index (χ3v) is 3.33. The maximum Gasteiger partial charge on any atom is 0.286 e. The molecule has 1 heterocycles. The molecule has 0 radical (unpaired) electrons. The first kappa shape index (κ1) is 15.9. The number of nitrogens with one attached hydrogen (secondary N) is 2. The number of H-pyrrole nitrogens is 1. The second-order valence-electron chi connectivity index (χ2n) is 5.02. The monoisotopic (exact) mass is 298 g/mol. The van der Waals surface area contributed by atoms with Crippen LogP contribution in [-0.2, 0) is 9.53 Å². The number of fused-ring (bicyclic) bond motifs is 1. The predicted molar refractivity (Wildman–Crippen MR) is 90.3 cm³/mol. The van der Waals surface area contributed by atoms with Crippen molar-refractivity contribution in [2.45, 2.75) is 19.8 Å². The summed E-state index contributed by atoms with van der Waals surface area (Å²) in [6.45, 7) is 2.75. The molecule has 0 aliphatic heterocycles. The first-order valence-electron chi connectivity index (χ1n) is 7.53. The lowest BCUT2D eigenvalue weighted by atomic mass is 10.2. The maximum atomic E-state index is 11.9. The number of carbonyl (C=O) groups excluding carboxylic acids is 1. The Kier molecular flexibility index (Phi) is 5.83. The molecule has 0 unspecified atom stereocenters. The van der Waals surface area contributed by atoms with Gasteiger partial charge in [-0.3, -0.25) is 4.79 Å². The zero-order chi connectivity index (χ0) is 15.8. The Labute approximate surface area is 130 Å². The van der Waals surface area contributed by atoms with Crippen LogP contribution in [-0.4, -0.2) is 24.5 Å². The number of aromatic amines is 1. The smallest absolute Gasteiger partial charge is 0.286 e. The van der Waals surface area contributed by atoms with E-state index in [9.17, 15) is 4.79 Å². The van der Waals surface area contributed by atoms with E-state index in [0.717, 1.165) is 29.4 Å². The number of hydrogen-bond donors (Lipinski definition) is 2. The minimum atomic E-state index is -0.183. The number of allylic oxidation sites excluding steroid dienone is 2. The summed E-state index contributed by atoms with van der Waals surface area (Å²) in [6.07, 6.45) is 7.41. The molecule has 0 atom stereocenters. The molecule has 0 aliphatic rings. The van der Waals surface area contributed by atoms with Crippen LogP contribution in [0.4, 0.5) is 0 Å². The van der Waals surface area contributed by atoms with Crippen LogP contribution in [0.1, 0.15) is 25.5 Å². The zero-order valence-corrected chi connectivity index (χ0v) is 13.1. The van der Waals surface area contributed by atoms with Crippen LogP contribution in [0.15, 0.2) is 48.2 Å². The number of methoxy groups -OCH3 is 1. The van der Waals surface area contributed by atoms with Gasteiger partial charge < -0.3 is 15.0 Å². The first-order valence-corrected chi connectivity index (χ1v) is 7.53. The van der Waals surface area contributed by atoms with E-state index in [1.807, 2.05) is 30.4 Å². The fraction of sp³-hybridized carbons (Fsp3) is 0.278. The van der Waals surface area contributed by atoms with Gasteiger partial charge in [-0.05, 0) is 36.1 Å². The third kappa shape index (κ3) is 4.25.